The standard InChI is InChI=1S/C10H15NO3/c1-3-5-8(7-11)9(10(12)13)14-6-4-2/h3-6H2,1-2H3,(H,12,13)/b9-8-. The Bertz CT molecular complexity index is 263. The Hall–Kier alpha value is -1.50. The molecule has 78 valence electrons. The number of carboxylic acids is 1. The highest BCUT2D eigenvalue weighted by Crippen LogP contribution is 2.12. The molecule has 0 saturated heterocycles. The summed E-state index contributed by atoms with van der Waals surface area (Å²) in [6.45, 7) is 4.10. The van der Waals surface area contributed by atoms with E-state index in [1.54, 1.807) is 0 Å². The summed E-state index contributed by atoms with van der Waals surface area (Å²) in [4.78, 5) is 10.7. The Labute approximate surface area is 83.8 Å². The van der Waals surface area contributed by atoms with Crippen molar-refractivity contribution in [2.45, 2.75) is 33.1 Å². The van der Waals surface area contributed by atoms with Crippen molar-refractivity contribution in [3.63, 3.8) is 0 Å². The van der Waals surface area contributed by atoms with E-state index in [2.05, 4.69) is 0 Å². The minimum atomic E-state index is -1.16. The van der Waals surface area contributed by atoms with Gasteiger partial charge in [-0.1, -0.05) is 20.3 Å². The van der Waals surface area contributed by atoms with Crippen LogP contribution in [-0.2, 0) is 9.53 Å². The topological polar surface area (TPSA) is 70.3 Å². The number of allylic oxidation sites excluding steroid dienone is 1. The molecule has 0 aromatic carbocycles. The van der Waals surface area contributed by atoms with E-state index in [-0.39, 0.29) is 11.3 Å². The van der Waals surface area contributed by atoms with E-state index in [1.807, 2.05) is 19.9 Å². The number of nitrogens with zero attached hydrogens (tertiary/aromatic N) is 1. The average molecular weight is 197 g/mol. The van der Waals surface area contributed by atoms with Crippen LogP contribution in [0.5, 0.6) is 0 Å². The number of hydrogen-bond donors (Lipinski definition) is 1. The average Bonchev–Trinajstić information content (AvgIpc) is 2.16. The highest BCUT2D eigenvalue weighted by atomic mass is 16.5. The van der Waals surface area contributed by atoms with Gasteiger partial charge in [0.1, 0.15) is 0 Å². The number of hydrogen-bond acceptors (Lipinski definition) is 3. The predicted molar refractivity (Wildman–Crippen MR) is 51.4 cm³/mol. The van der Waals surface area contributed by atoms with Crippen LogP contribution in [0, 0.1) is 11.3 Å². The molecule has 0 aliphatic carbocycles. The van der Waals surface area contributed by atoms with Crippen LogP contribution in [-0.4, -0.2) is 17.7 Å². The molecule has 4 heteroatoms. The second-order valence-corrected chi connectivity index (χ2v) is 2.82. The molecule has 0 amide bonds. The van der Waals surface area contributed by atoms with Gasteiger partial charge >= 0.3 is 5.97 Å². The van der Waals surface area contributed by atoms with Crippen molar-refractivity contribution >= 4 is 5.97 Å². The van der Waals surface area contributed by atoms with Crippen molar-refractivity contribution in [3.8, 4) is 6.07 Å². The molecular weight excluding hydrogens is 182 g/mol. The maximum absolute atomic E-state index is 10.7. The molecule has 0 heterocycles. The van der Waals surface area contributed by atoms with Crippen LogP contribution in [0.4, 0.5) is 0 Å². The molecule has 0 fully saturated rings. The molecule has 0 radical (unpaired) electrons. The zero-order chi connectivity index (χ0) is 11.0. The van der Waals surface area contributed by atoms with Gasteiger partial charge in [-0.05, 0) is 12.8 Å². The van der Waals surface area contributed by atoms with E-state index < -0.39 is 5.97 Å². The maximum atomic E-state index is 10.7. The van der Waals surface area contributed by atoms with Gasteiger partial charge in [-0.25, -0.2) is 4.79 Å². The third-order valence-corrected chi connectivity index (χ3v) is 1.55. The van der Waals surface area contributed by atoms with Gasteiger partial charge in [0.2, 0.25) is 5.76 Å². The van der Waals surface area contributed by atoms with Crippen LogP contribution in [0.25, 0.3) is 0 Å². The van der Waals surface area contributed by atoms with Gasteiger partial charge < -0.3 is 9.84 Å². The van der Waals surface area contributed by atoms with Crippen LogP contribution in [0.15, 0.2) is 11.3 Å². The van der Waals surface area contributed by atoms with E-state index in [1.165, 1.54) is 0 Å². The number of ether oxygens (including phenoxy) is 1. The molecule has 0 rings (SSSR count). The van der Waals surface area contributed by atoms with Crippen molar-refractivity contribution in [2.24, 2.45) is 0 Å². The number of rotatable bonds is 6. The zero-order valence-electron chi connectivity index (χ0n) is 8.54. The Kier molecular flexibility index (Phi) is 6.21. The number of carbonyl (C=O) groups is 1. The summed E-state index contributed by atoms with van der Waals surface area (Å²) in [5.41, 5.74) is 0.216. The molecule has 0 aromatic heterocycles. The highest BCUT2D eigenvalue weighted by Gasteiger charge is 2.15. The molecule has 0 aliphatic heterocycles. The molecule has 14 heavy (non-hydrogen) atoms. The van der Waals surface area contributed by atoms with Gasteiger partial charge in [0.25, 0.3) is 0 Å². The fraction of sp³-hybridized carbons (Fsp3) is 0.600. The summed E-state index contributed by atoms with van der Waals surface area (Å²) in [7, 11) is 0. The van der Waals surface area contributed by atoms with Gasteiger partial charge in [-0.15, -0.1) is 0 Å². The Morgan fingerprint density at radius 1 is 1.43 bits per heavy atom. The summed E-state index contributed by atoms with van der Waals surface area (Å²) >= 11 is 0. The Balaban J connectivity index is 4.72. The normalized spacial score (nSPS) is 11.5. The molecule has 0 aliphatic rings. The van der Waals surface area contributed by atoms with Crippen LogP contribution < -0.4 is 0 Å². The molecular formula is C10H15NO3. The molecule has 0 bridgehead atoms. The fourth-order valence-corrected chi connectivity index (χ4v) is 0.952. The fourth-order valence-electron chi connectivity index (χ4n) is 0.952. The molecule has 0 spiro atoms. The van der Waals surface area contributed by atoms with Crippen LogP contribution in [0.2, 0.25) is 0 Å². The van der Waals surface area contributed by atoms with Gasteiger partial charge in [0.05, 0.1) is 18.2 Å². The van der Waals surface area contributed by atoms with Crippen molar-refractivity contribution in [1.82, 2.24) is 0 Å². The summed E-state index contributed by atoms with van der Waals surface area (Å²) in [5, 5.41) is 17.5. The van der Waals surface area contributed by atoms with Crippen molar-refractivity contribution < 1.29 is 14.6 Å². The Morgan fingerprint density at radius 2 is 2.07 bits per heavy atom. The molecule has 0 unspecified atom stereocenters. The second kappa shape index (κ2) is 6.96. The third kappa shape index (κ3) is 3.94. The lowest BCUT2D eigenvalue weighted by Crippen LogP contribution is -2.09. The van der Waals surface area contributed by atoms with Gasteiger partial charge in [0.15, 0.2) is 0 Å². The quantitative estimate of drug-likeness (QED) is 0.402. The first-order valence-electron chi connectivity index (χ1n) is 4.66. The van der Waals surface area contributed by atoms with Crippen LogP contribution in [0.1, 0.15) is 33.1 Å². The number of aliphatic carboxylic acids is 1. The summed E-state index contributed by atoms with van der Waals surface area (Å²) in [5.74, 6) is -1.36. The molecule has 4 nitrogen and oxygen atoms in total. The van der Waals surface area contributed by atoms with Gasteiger partial charge in [-0.3, -0.25) is 0 Å². The minimum absolute atomic E-state index is 0.198. The lowest BCUT2D eigenvalue weighted by molar-refractivity contribution is -0.136. The van der Waals surface area contributed by atoms with E-state index in [4.69, 9.17) is 15.1 Å². The summed E-state index contributed by atoms with van der Waals surface area (Å²) in [6.07, 6.45) is 1.90. The molecule has 1 N–H and O–H groups in total. The SMILES string of the molecule is CCCO/C(C(=O)O)=C(\C#N)CCC. The molecule has 0 aromatic rings. The third-order valence-electron chi connectivity index (χ3n) is 1.55. The van der Waals surface area contributed by atoms with E-state index in [9.17, 15) is 4.79 Å². The predicted octanol–water partition coefficient (Wildman–Crippen LogP) is 2.08. The first-order chi connectivity index (χ1) is 6.67. The number of carboxylic acid groups (broad SMARTS) is 1. The first kappa shape index (κ1) is 12.5. The van der Waals surface area contributed by atoms with E-state index >= 15 is 0 Å². The molecule has 0 atom stereocenters. The zero-order valence-corrected chi connectivity index (χ0v) is 8.54. The first-order valence-corrected chi connectivity index (χ1v) is 4.66. The largest absolute Gasteiger partial charge is 0.486 e. The lowest BCUT2D eigenvalue weighted by atomic mass is 10.1. The van der Waals surface area contributed by atoms with Gasteiger partial charge in [0, 0.05) is 0 Å². The van der Waals surface area contributed by atoms with E-state index in [0.717, 1.165) is 12.8 Å². The number of nitriles is 1. The van der Waals surface area contributed by atoms with Crippen molar-refractivity contribution in [3.05, 3.63) is 11.3 Å². The highest BCUT2D eigenvalue weighted by molar-refractivity contribution is 5.86. The summed E-state index contributed by atoms with van der Waals surface area (Å²) in [6, 6.07) is 1.87. The van der Waals surface area contributed by atoms with Crippen LogP contribution in [0.3, 0.4) is 0 Å². The van der Waals surface area contributed by atoms with Crippen molar-refractivity contribution in [2.75, 3.05) is 6.61 Å². The smallest absolute Gasteiger partial charge is 0.372 e. The monoisotopic (exact) mass is 197 g/mol. The lowest BCUT2D eigenvalue weighted by Gasteiger charge is -2.06. The van der Waals surface area contributed by atoms with Gasteiger partial charge in [-0.2, -0.15) is 5.26 Å². The maximum Gasteiger partial charge on any atom is 0.372 e. The second-order valence-electron chi connectivity index (χ2n) is 2.82. The van der Waals surface area contributed by atoms with Crippen molar-refractivity contribution in [1.29, 1.82) is 5.26 Å². The van der Waals surface area contributed by atoms with E-state index in [0.29, 0.717) is 13.0 Å². The van der Waals surface area contributed by atoms with Crippen LogP contribution >= 0.6 is 0 Å². The molecule has 0 saturated carbocycles. The minimum Gasteiger partial charge on any atom is -0.486 e. The summed E-state index contributed by atoms with van der Waals surface area (Å²) < 4.78 is 5.02. The Morgan fingerprint density at radius 3 is 2.43 bits per heavy atom.